The normalized spacial score (nSPS) is 29.8. The number of amides is 2. The van der Waals surface area contributed by atoms with E-state index in [0.29, 0.717) is 37.5 Å². The lowest BCUT2D eigenvalue weighted by Gasteiger charge is -2.38. The quantitative estimate of drug-likeness (QED) is 0.148. The molecule has 12 rings (SSSR count). The maximum absolute atomic E-state index is 14.3. The third kappa shape index (κ3) is 12.5. The average molecular weight is 1170 g/mol. The van der Waals surface area contributed by atoms with Crippen molar-refractivity contribution in [3.05, 3.63) is 58.9 Å². The Kier molecular flexibility index (Phi) is 16.6. The van der Waals surface area contributed by atoms with Gasteiger partial charge in [-0.1, -0.05) is 67.2 Å². The van der Waals surface area contributed by atoms with Gasteiger partial charge in [0.05, 0.1) is 81.5 Å². The molecule has 8 aliphatic rings. The number of ether oxygens (including phenoxy) is 7. The highest BCUT2D eigenvalue weighted by Gasteiger charge is 2.57. The summed E-state index contributed by atoms with van der Waals surface area (Å²) in [6, 6.07) is 10.0. The smallest absolute Gasteiger partial charge is 0.328 e. The summed E-state index contributed by atoms with van der Waals surface area (Å²) in [6.45, 7) is 12.0. The third-order valence-corrected chi connectivity index (χ3v) is 19.8. The number of hydrogen-bond acceptors (Lipinski definition) is 15. The molecule has 0 radical (unpaired) electrons. The van der Waals surface area contributed by atoms with E-state index in [1.165, 1.54) is 12.0 Å². The first-order valence-electron chi connectivity index (χ1n) is 31.2. The molecule has 2 amide bonds. The fraction of sp³-hybridized carbons (Fsp3) is 0.642. The van der Waals surface area contributed by atoms with E-state index in [1.54, 1.807) is 19.1 Å². The van der Waals surface area contributed by atoms with Crippen LogP contribution in [-0.2, 0) is 68.7 Å². The molecule has 18 heteroatoms. The molecule has 458 valence electrons. The van der Waals surface area contributed by atoms with Crippen molar-refractivity contribution in [3.63, 3.8) is 0 Å². The largest absolute Gasteiger partial charge is 0.497 e. The van der Waals surface area contributed by atoms with E-state index in [-0.39, 0.29) is 68.3 Å². The molecule has 4 fully saturated rings. The Morgan fingerprint density at radius 1 is 0.600 bits per heavy atom. The minimum Gasteiger partial charge on any atom is -0.497 e. The third-order valence-electron chi connectivity index (χ3n) is 19.8. The summed E-state index contributed by atoms with van der Waals surface area (Å²) in [7, 11) is 4.65. The SMILES string of the molecule is COC(=O)[C@@H]1C[C@]23CCc4c(c(nc5ccc(OC)cc45)CCCCC[C@@H]4C[C@H]4OC(=O)C[C@@H](C(C)(C)C)C(=O)N1C2)O3.COc1ccc2nc3c4c(c2c1)CC[C@]1(C[C@@H](C(=O)O)N(C1)C(=O)[C@H](C(C)(C)C)CC(=O)O[C@@H]1C[C@H]1CCCCC3)O4. The number of methoxy groups -OCH3 is 3. The number of carbonyl (C=O) groups is 6. The number of benzene rings is 2. The Labute approximate surface area is 498 Å². The zero-order valence-electron chi connectivity index (χ0n) is 51.2. The zero-order chi connectivity index (χ0) is 60.3. The Morgan fingerprint density at radius 2 is 1.04 bits per heavy atom. The average Bonchev–Trinajstić information content (AvgIpc) is 2.24. The summed E-state index contributed by atoms with van der Waals surface area (Å²) >= 11 is 0. The topological polar surface area (TPSA) is 220 Å². The Hall–Kier alpha value is -6.72. The molecular formula is C67H86N4O14. The number of fused-ring (bicyclic) bond motifs is 8. The van der Waals surface area contributed by atoms with Gasteiger partial charge in [0.1, 0.15) is 58.5 Å². The minimum absolute atomic E-state index is 0.0193. The van der Waals surface area contributed by atoms with Gasteiger partial charge in [0, 0.05) is 34.7 Å². The van der Waals surface area contributed by atoms with Crippen LogP contribution in [0.25, 0.3) is 21.8 Å². The Bertz CT molecular complexity index is 3280. The molecule has 8 heterocycles. The van der Waals surface area contributed by atoms with Crippen molar-refractivity contribution >= 4 is 57.5 Å². The van der Waals surface area contributed by atoms with E-state index >= 15 is 0 Å². The van der Waals surface area contributed by atoms with Crippen molar-refractivity contribution in [2.75, 3.05) is 34.4 Å². The van der Waals surface area contributed by atoms with Crippen molar-refractivity contribution in [2.45, 2.75) is 205 Å². The van der Waals surface area contributed by atoms with Crippen LogP contribution in [0.2, 0.25) is 0 Å². The predicted octanol–water partition coefficient (Wildman–Crippen LogP) is 10.3. The van der Waals surface area contributed by atoms with Crippen molar-refractivity contribution in [1.29, 1.82) is 0 Å². The van der Waals surface area contributed by atoms with Crippen LogP contribution in [0, 0.1) is 34.5 Å². The molecule has 6 aliphatic heterocycles. The first-order valence-corrected chi connectivity index (χ1v) is 31.2. The van der Waals surface area contributed by atoms with Crippen molar-refractivity contribution in [1.82, 2.24) is 19.8 Å². The number of carboxylic acids is 1. The summed E-state index contributed by atoms with van der Waals surface area (Å²) in [5, 5.41) is 12.3. The fourth-order valence-corrected chi connectivity index (χ4v) is 14.5. The van der Waals surface area contributed by atoms with Crippen LogP contribution in [0.3, 0.4) is 0 Å². The number of pyridine rings is 2. The number of aromatic nitrogens is 2. The van der Waals surface area contributed by atoms with Crippen LogP contribution in [0.4, 0.5) is 0 Å². The molecule has 4 aromatic rings. The van der Waals surface area contributed by atoms with Crippen LogP contribution in [0.1, 0.15) is 167 Å². The van der Waals surface area contributed by atoms with Crippen LogP contribution in [-0.4, -0.2) is 130 Å². The number of aliphatic carboxylic acids is 1. The number of carboxylic acid groups (broad SMARTS) is 1. The van der Waals surface area contributed by atoms with Gasteiger partial charge in [0.2, 0.25) is 11.8 Å². The molecule has 2 aromatic heterocycles. The van der Waals surface area contributed by atoms with E-state index in [2.05, 4.69) is 0 Å². The van der Waals surface area contributed by atoms with Gasteiger partial charge in [-0.3, -0.25) is 19.2 Å². The zero-order valence-corrected chi connectivity index (χ0v) is 51.2. The lowest BCUT2D eigenvalue weighted by Crippen LogP contribution is -2.49. The van der Waals surface area contributed by atoms with E-state index in [9.17, 15) is 33.9 Å². The molecule has 18 nitrogen and oxygen atoms in total. The highest BCUT2D eigenvalue weighted by atomic mass is 16.6. The molecule has 2 aliphatic carbocycles. The van der Waals surface area contributed by atoms with Gasteiger partial charge in [-0.15, -0.1) is 0 Å². The van der Waals surface area contributed by atoms with E-state index in [4.69, 9.17) is 43.1 Å². The second-order valence-corrected chi connectivity index (χ2v) is 27.8. The van der Waals surface area contributed by atoms with Gasteiger partial charge in [0.25, 0.3) is 0 Å². The second-order valence-electron chi connectivity index (χ2n) is 27.8. The van der Waals surface area contributed by atoms with Crippen LogP contribution >= 0.6 is 0 Å². The number of esters is 3. The predicted molar refractivity (Wildman–Crippen MR) is 315 cm³/mol. The van der Waals surface area contributed by atoms with Gasteiger partial charge < -0.3 is 48.1 Å². The van der Waals surface area contributed by atoms with Crippen LogP contribution in [0.15, 0.2) is 36.4 Å². The minimum atomic E-state index is -1.06. The summed E-state index contributed by atoms with van der Waals surface area (Å²) in [6.07, 6.45) is 14.4. The summed E-state index contributed by atoms with van der Waals surface area (Å²) in [5.41, 5.74) is 3.12. The molecule has 2 spiro atoms. The highest BCUT2D eigenvalue weighted by molar-refractivity contribution is 5.92. The van der Waals surface area contributed by atoms with Crippen molar-refractivity contribution < 1.29 is 67.0 Å². The summed E-state index contributed by atoms with van der Waals surface area (Å²) in [5.74, 6) is -0.374. The first kappa shape index (κ1) is 60.0. The number of carbonyl (C=O) groups excluding carboxylic acids is 5. The molecule has 85 heavy (non-hydrogen) atoms. The van der Waals surface area contributed by atoms with Gasteiger partial charge >= 0.3 is 23.9 Å². The molecule has 10 atom stereocenters. The monoisotopic (exact) mass is 1170 g/mol. The molecule has 2 saturated carbocycles. The van der Waals surface area contributed by atoms with Crippen molar-refractivity contribution in [3.8, 4) is 23.0 Å². The lowest BCUT2D eigenvalue weighted by atomic mass is 9.77. The fourth-order valence-electron chi connectivity index (χ4n) is 14.5. The van der Waals surface area contributed by atoms with Gasteiger partial charge in [0.15, 0.2) is 0 Å². The van der Waals surface area contributed by atoms with E-state index < -0.39 is 57.9 Å². The second kappa shape index (κ2) is 23.5. The maximum Gasteiger partial charge on any atom is 0.328 e. The molecule has 6 bridgehead atoms. The summed E-state index contributed by atoms with van der Waals surface area (Å²) in [4.78, 5) is 93.4. The maximum atomic E-state index is 14.3. The molecule has 0 unspecified atom stereocenters. The Morgan fingerprint density at radius 3 is 1.45 bits per heavy atom. The number of aryl methyl sites for hydroxylation is 4. The molecule has 2 aromatic carbocycles. The van der Waals surface area contributed by atoms with Crippen LogP contribution < -0.4 is 18.9 Å². The van der Waals surface area contributed by atoms with Gasteiger partial charge in [-0.2, -0.15) is 0 Å². The number of hydrogen-bond donors (Lipinski definition) is 1. The molecular weight excluding hydrogens is 1080 g/mol. The molecule has 2 saturated heterocycles. The van der Waals surface area contributed by atoms with Crippen LogP contribution in [0.5, 0.6) is 23.0 Å². The van der Waals surface area contributed by atoms with E-state index in [0.717, 1.165) is 151 Å². The number of rotatable bonds is 4. The van der Waals surface area contributed by atoms with Gasteiger partial charge in [-0.25, -0.2) is 19.6 Å². The van der Waals surface area contributed by atoms with Crippen molar-refractivity contribution in [2.24, 2.45) is 34.5 Å². The van der Waals surface area contributed by atoms with E-state index in [1.807, 2.05) is 77.9 Å². The number of nitrogens with zero attached hydrogens (tertiary/aromatic N) is 4. The van der Waals surface area contributed by atoms with Gasteiger partial charge in [-0.05, 0) is 136 Å². The summed E-state index contributed by atoms with van der Waals surface area (Å²) < 4.78 is 41.7. The first-order chi connectivity index (χ1) is 40.5. The lowest BCUT2D eigenvalue weighted by molar-refractivity contribution is -0.157. The Balaban J connectivity index is 0.000000177. The highest BCUT2D eigenvalue weighted by Crippen LogP contribution is 2.50. The standard InChI is InChI=1S/C34H44N2O7.C33H42N2O7/c1-33(2,3)24-17-29(37)42-28-15-20(28)9-7-6-8-10-26-30-22(23-16-21(40-4)11-12-25(23)35-26)13-14-34(43-30)18-27(32(39)41-5)36(19-34)31(24)38;1-32(2,3)23-16-28(36)41-27-14-19(27)8-6-5-7-9-25-29-21(22-15-20(40-4)10-11-24(22)34-25)12-13-33(42-29)17-26(31(38)39)35(18-33)30(23)37/h11-12,16,20,24,27-28H,6-10,13-15,17-19H2,1-5H3;10-11,15,19,23,26-27H,5-9,12-14,16-18H2,1-4H3,(H,38,39)/t20-,24-,27+,28-,34-;19-,23-,26+,27-,33-/m11/s1. The molecule has 1 N–H and O–H groups in total.